The second-order valence-corrected chi connectivity index (χ2v) is 5.26. The number of hydrogen-bond donors (Lipinski definition) is 0. The topological polar surface area (TPSA) is 59.8 Å². The van der Waals surface area contributed by atoms with Crippen molar-refractivity contribution in [1.29, 1.82) is 0 Å². The number of nitrogens with zero attached hydrogens (tertiary/aromatic N) is 1. The van der Waals surface area contributed by atoms with E-state index in [0.717, 1.165) is 19.3 Å². The Morgan fingerprint density at radius 1 is 1.41 bits per heavy atom. The van der Waals surface area contributed by atoms with Crippen LogP contribution in [0.2, 0.25) is 0 Å². The summed E-state index contributed by atoms with van der Waals surface area (Å²) in [6, 6.07) is 3.55. The average molecular weight is 307 g/mol. The third-order valence-electron chi connectivity index (χ3n) is 3.37. The van der Waals surface area contributed by atoms with Crippen LogP contribution < -0.4 is 0 Å². The van der Waals surface area contributed by atoms with Crippen LogP contribution >= 0.6 is 0 Å². The second kappa shape index (κ2) is 9.82. The monoisotopic (exact) mass is 307 g/mol. The molecule has 1 aromatic rings. The molecule has 0 fully saturated rings. The summed E-state index contributed by atoms with van der Waals surface area (Å²) in [6.45, 7) is 4.87. The van der Waals surface area contributed by atoms with Crippen LogP contribution in [-0.4, -0.2) is 37.0 Å². The molecule has 0 saturated carbocycles. The lowest BCUT2D eigenvalue weighted by atomic mass is 10.1. The van der Waals surface area contributed by atoms with Crippen LogP contribution in [0.15, 0.2) is 28.9 Å². The fourth-order valence-electron chi connectivity index (χ4n) is 2.10. The van der Waals surface area contributed by atoms with Gasteiger partial charge in [0.2, 0.25) is 5.91 Å². The minimum absolute atomic E-state index is 0.122. The summed E-state index contributed by atoms with van der Waals surface area (Å²) in [6.07, 6.45) is 7.73. The zero-order valence-electron chi connectivity index (χ0n) is 13.6. The van der Waals surface area contributed by atoms with Gasteiger partial charge in [-0.15, -0.1) is 0 Å². The van der Waals surface area contributed by atoms with Crippen molar-refractivity contribution in [2.45, 2.75) is 33.1 Å². The van der Waals surface area contributed by atoms with E-state index in [-0.39, 0.29) is 17.8 Å². The minimum Gasteiger partial charge on any atom is -0.469 e. The lowest BCUT2D eigenvalue weighted by Crippen LogP contribution is -2.37. The number of esters is 1. The molecular weight excluding hydrogens is 282 g/mol. The third kappa shape index (κ3) is 6.16. The van der Waals surface area contributed by atoms with Gasteiger partial charge in [0.1, 0.15) is 5.76 Å². The van der Waals surface area contributed by atoms with Gasteiger partial charge in [-0.2, -0.15) is 0 Å². The summed E-state index contributed by atoms with van der Waals surface area (Å²) < 4.78 is 9.89. The Balaban J connectivity index is 2.66. The van der Waals surface area contributed by atoms with E-state index < -0.39 is 0 Å². The fourth-order valence-corrected chi connectivity index (χ4v) is 2.10. The molecule has 0 saturated heterocycles. The van der Waals surface area contributed by atoms with Crippen molar-refractivity contribution in [1.82, 2.24) is 4.90 Å². The van der Waals surface area contributed by atoms with E-state index in [4.69, 9.17) is 9.15 Å². The Hall–Kier alpha value is -2.04. The highest BCUT2D eigenvalue weighted by atomic mass is 16.5. The first-order valence-electron chi connectivity index (χ1n) is 7.66. The van der Waals surface area contributed by atoms with Gasteiger partial charge in [-0.05, 0) is 24.6 Å². The second-order valence-electron chi connectivity index (χ2n) is 5.26. The van der Waals surface area contributed by atoms with E-state index >= 15 is 0 Å². The summed E-state index contributed by atoms with van der Waals surface area (Å²) in [7, 11) is 1.36. The van der Waals surface area contributed by atoms with E-state index in [9.17, 15) is 9.59 Å². The predicted molar refractivity (Wildman–Crippen MR) is 85.0 cm³/mol. The minimum atomic E-state index is -0.340. The maximum absolute atomic E-state index is 12.3. The van der Waals surface area contributed by atoms with Gasteiger partial charge in [0.15, 0.2) is 0 Å². The smallest absolute Gasteiger partial charge is 0.310 e. The van der Waals surface area contributed by atoms with Gasteiger partial charge in [0.05, 0.1) is 19.3 Å². The number of ether oxygens (including phenoxy) is 1. The molecule has 1 heterocycles. The zero-order valence-corrected chi connectivity index (χ0v) is 13.6. The molecule has 0 spiro atoms. The van der Waals surface area contributed by atoms with Crippen LogP contribution in [-0.2, 0) is 14.3 Å². The van der Waals surface area contributed by atoms with Gasteiger partial charge in [-0.1, -0.05) is 26.7 Å². The summed E-state index contributed by atoms with van der Waals surface area (Å²) in [5.41, 5.74) is 0. The van der Waals surface area contributed by atoms with Crippen molar-refractivity contribution >= 4 is 18.0 Å². The Morgan fingerprint density at radius 3 is 2.77 bits per heavy atom. The summed E-state index contributed by atoms with van der Waals surface area (Å²) >= 11 is 0. The van der Waals surface area contributed by atoms with E-state index in [0.29, 0.717) is 18.8 Å². The number of unbranched alkanes of at least 4 members (excludes halogenated alkanes) is 2. The molecule has 122 valence electrons. The Morgan fingerprint density at radius 2 is 2.18 bits per heavy atom. The van der Waals surface area contributed by atoms with Crippen LogP contribution in [0.1, 0.15) is 38.9 Å². The zero-order chi connectivity index (χ0) is 16.4. The number of amides is 1. The molecule has 0 aliphatic heterocycles. The molecule has 1 amide bonds. The molecule has 0 N–H and O–H groups in total. The van der Waals surface area contributed by atoms with Crippen molar-refractivity contribution in [2.24, 2.45) is 5.92 Å². The molecule has 0 aromatic carbocycles. The number of methoxy groups -OCH3 is 1. The van der Waals surface area contributed by atoms with Crippen molar-refractivity contribution in [2.75, 3.05) is 20.2 Å². The molecule has 1 aromatic heterocycles. The van der Waals surface area contributed by atoms with Crippen LogP contribution in [0.4, 0.5) is 0 Å². The maximum Gasteiger partial charge on any atom is 0.310 e. The number of carbonyl (C=O) groups is 2. The van der Waals surface area contributed by atoms with Crippen molar-refractivity contribution in [3.05, 3.63) is 30.2 Å². The molecule has 0 bridgehead atoms. The average Bonchev–Trinajstić information content (AvgIpc) is 3.04. The van der Waals surface area contributed by atoms with Crippen LogP contribution in [0.3, 0.4) is 0 Å². The Bertz CT molecular complexity index is 479. The standard InChI is InChI=1S/C17H25NO4/c1-4-5-6-11-18(13-14(2)17(20)21-3)16(19)10-9-15-8-7-12-22-15/h7-10,12,14H,4-6,11,13H2,1-3H3/b10-9+. The molecule has 5 heteroatoms. The number of hydrogen-bond acceptors (Lipinski definition) is 4. The highest BCUT2D eigenvalue weighted by Crippen LogP contribution is 2.08. The predicted octanol–water partition coefficient (Wildman–Crippen LogP) is 3.12. The molecule has 0 radical (unpaired) electrons. The van der Waals surface area contributed by atoms with Gasteiger partial charge in [0.25, 0.3) is 0 Å². The van der Waals surface area contributed by atoms with Gasteiger partial charge in [-0.3, -0.25) is 9.59 Å². The first-order chi connectivity index (χ1) is 10.6. The fraction of sp³-hybridized carbons (Fsp3) is 0.529. The first-order valence-corrected chi connectivity index (χ1v) is 7.66. The Kier molecular flexibility index (Phi) is 8.04. The van der Waals surface area contributed by atoms with Crippen LogP contribution in [0, 0.1) is 5.92 Å². The molecule has 1 atom stereocenters. The van der Waals surface area contributed by atoms with E-state index in [1.807, 2.05) is 0 Å². The third-order valence-corrected chi connectivity index (χ3v) is 3.37. The molecule has 1 unspecified atom stereocenters. The normalized spacial score (nSPS) is 12.3. The number of furan rings is 1. The van der Waals surface area contributed by atoms with Gasteiger partial charge in [-0.25, -0.2) is 0 Å². The largest absolute Gasteiger partial charge is 0.469 e. The summed E-state index contributed by atoms with van der Waals surface area (Å²) in [5.74, 6) is -0.137. The molecule has 5 nitrogen and oxygen atoms in total. The maximum atomic E-state index is 12.3. The van der Waals surface area contributed by atoms with Crippen LogP contribution in [0.5, 0.6) is 0 Å². The molecule has 22 heavy (non-hydrogen) atoms. The summed E-state index contributed by atoms with van der Waals surface area (Å²) in [5, 5.41) is 0. The van der Waals surface area contributed by atoms with E-state index in [1.54, 1.807) is 36.3 Å². The lowest BCUT2D eigenvalue weighted by Gasteiger charge is -2.23. The highest BCUT2D eigenvalue weighted by molar-refractivity contribution is 5.91. The quantitative estimate of drug-likeness (QED) is 0.399. The van der Waals surface area contributed by atoms with E-state index in [2.05, 4.69) is 6.92 Å². The van der Waals surface area contributed by atoms with Crippen molar-refractivity contribution in [3.8, 4) is 0 Å². The first kappa shape index (κ1) is 18.0. The molecule has 0 aliphatic rings. The molecule has 1 rings (SSSR count). The van der Waals surface area contributed by atoms with Gasteiger partial charge < -0.3 is 14.1 Å². The van der Waals surface area contributed by atoms with E-state index in [1.165, 1.54) is 13.2 Å². The lowest BCUT2D eigenvalue weighted by molar-refractivity contribution is -0.146. The summed E-state index contributed by atoms with van der Waals surface area (Å²) in [4.78, 5) is 25.6. The molecule has 0 aliphatic carbocycles. The van der Waals surface area contributed by atoms with Crippen molar-refractivity contribution in [3.63, 3.8) is 0 Å². The number of rotatable bonds is 9. The number of carbonyl (C=O) groups excluding carboxylic acids is 2. The van der Waals surface area contributed by atoms with Gasteiger partial charge in [0, 0.05) is 19.2 Å². The van der Waals surface area contributed by atoms with Crippen molar-refractivity contribution < 1.29 is 18.7 Å². The highest BCUT2D eigenvalue weighted by Gasteiger charge is 2.20. The molecular formula is C17H25NO4. The van der Waals surface area contributed by atoms with Crippen LogP contribution in [0.25, 0.3) is 6.08 Å². The SMILES string of the molecule is CCCCCN(CC(C)C(=O)OC)C(=O)/C=C/c1ccco1. The van der Waals surface area contributed by atoms with Gasteiger partial charge >= 0.3 is 5.97 Å². The Labute approximate surface area is 131 Å².